The lowest BCUT2D eigenvalue weighted by Gasteiger charge is -2.13. The Morgan fingerprint density at radius 3 is 1.88 bits per heavy atom. The number of fused-ring (bicyclic) bond motifs is 13. The van der Waals surface area contributed by atoms with E-state index in [1.807, 2.05) is 0 Å². The van der Waals surface area contributed by atoms with Crippen LogP contribution in [0.1, 0.15) is 0 Å². The van der Waals surface area contributed by atoms with E-state index in [1.165, 1.54) is 27.1 Å². The summed E-state index contributed by atoms with van der Waals surface area (Å²) in [6, 6.07) is 58.1. The van der Waals surface area contributed by atoms with Crippen molar-refractivity contribution in [2.75, 3.05) is 0 Å². The van der Waals surface area contributed by atoms with E-state index in [2.05, 4.69) is 177 Å². The Bertz CT molecular complexity index is 3110. The average molecular weight is 626 g/mol. The van der Waals surface area contributed by atoms with Crippen molar-refractivity contribution in [3.05, 3.63) is 164 Å². The molecule has 0 aliphatic carbocycles. The molecule has 11 rings (SSSR count). The second kappa shape index (κ2) is 9.89. The molecule has 0 N–H and O–H groups in total. The van der Waals surface area contributed by atoms with Crippen LogP contribution in [0.25, 0.3) is 94.0 Å². The smallest absolute Gasteiger partial charge is 0.146 e. The Hall–Kier alpha value is -6.72. The topological polar surface area (TPSA) is 40.0 Å². The van der Waals surface area contributed by atoms with Crippen LogP contribution in [-0.2, 0) is 0 Å². The maximum atomic E-state index is 5.19. The number of nitrogens with zero attached hydrogens (tertiary/aromatic N) is 5. The van der Waals surface area contributed by atoms with Crippen LogP contribution in [0.5, 0.6) is 0 Å². The van der Waals surface area contributed by atoms with Crippen molar-refractivity contribution in [1.82, 2.24) is 23.5 Å². The van der Waals surface area contributed by atoms with Gasteiger partial charge in [0.2, 0.25) is 0 Å². The minimum atomic E-state index is 0.915. The summed E-state index contributed by atoms with van der Waals surface area (Å²) in [7, 11) is 0. The van der Waals surface area contributed by atoms with E-state index in [1.54, 1.807) is 0 Å². The van der Waals surface area contributed by atoms with Crippen molar-refractivity contribution in [2.45, 2.75) is 0 Å². The summed E-state index contributed by atoms with van der Waals surface area (Å²) in [6.07, 6.45) is 0. The lowest BCUT2D eigenvalue weighted by Crippen LogP contribution is -1.99. The van der Waals surface area contributed by atoms with Gasteiger partial charge in [-0.25, -0.2) is 9.97 Å². The van der Waals surface area contributed by atoms with E-state index in [0.717, 1.165) is 66.9 Å². The van der Waals surface area contributed by atoms with Crippen LogP contribution in [0.2, 0.25) is 0 Å². The molecule has 0 bridgehead atoms. The predicted molar refractivity (Wildman–Crippen MR) is 202 cm³/mol. The first kappa shape index (κ1) is 26.4. The van der Waals surface area contributed by atoms with E-state index in [4.69, 9.17) is 9.97 Å². The van der Waals surface area contributed by atoms with Crippen LogP contribution in [0.3, 0.4) is 0 Å². The van der Waals surface area contributed by atoms with Crippen LogP contribution in [-0.4, -0.2) is 23.5 Å². The standard InChI is InChI=1S/C44H27N5/c1-2-14-29(15-3-1)48-38-23-10-7-20-35(38)45-43(48)28-13-12-16-30(27-28)47-37-22-9-6-19-34(37)41-40(47)26-25-32-31-17-4-5-18-33(31)44-46-36-21-8-11-24-39(36)49(44)42(32)41/h1-27H. The van der Waals surface area contributed by atoms with Gasteiger partial charge in [0.05, 0.1) is 38.6 Å². The Balaban J connectivity index is 1.25. The van der Waals surface area contributed by atoms with E-state index < -0.39 is 0 Å². The monoisotopic (exact) mass is 625 g/mol. The van der Waals surface area contributed by atoms with Crippen LogP contribution in [0.4, 0.5) is 0 Å². The minimum absolute atomic E-state index is 0.915. The maximum Gasteiger partial charge on any atom is 0.146 e. The highest BCUT2D eigenvalue weighted by molar-refractivity contribution is 6.26. The third kappa shape index (κ3) is 3.64. The van der Waals surface area contributed by atoms with Gasteiger partial charge in [-0.3, -0.25) is 8.97 Å². The number of hydrogen-bond acceptors (Lipinski definition) is 2. The second-order valence-electron chi connectivity index (χ2n) is 12.7. The molecular weight excluding hydrogens is 599 g/mol. The zero-order valence-electron chi connectivity index (χ0n) is 26.3. The van der Waals surface area contributed by atoms with Gasteiger partial charge in [-0.05, 0) is 66.0 Å². The van der Waals surface area contributed by atoms with Gasteiger partial charge in [0, 0.05) is 38.5 Å². The van der Waals surface area contributed by atoms with Crippen molar-refractivity contribution in [3.8, 4) is 22.8 Å². The molecule has 0 aliphatic heterocycles. The third-order valence-electron chi connectivity index (χ3n) is 9.99. The molecule has 4 heterocycles. The molecule has 0 spiro atoms. The molecule has 0 unspecified atom stereocenters. The van der Waals surface area contributed by atoms with E-state index in [0.29, 0.717) is 0 Å². The first-order valence-electron chi connectivity index (χ1n) is 16.6. The molecular formula is C44H27N5. The minimum Gasteiger partial charge on any atom is -0.309 e. The molecule has 49 heavy (non-hydrogen) atoms. The highest BCUT2D eigenvalue weighted by Gasteiger charge is 2.21. The molecule has 4 aromatic heterocycles. The number of pyridine rings is 1. The number of rotatable bonds is 3. The average Bonchev–Trinajstić information content (AvgIpc) is 3.85. The van der Waals surface area contributed by atoms with Gasteiger partial charge in [-0.2, -0.15) is 0 Å². The van der Waals surface area contributed by atoms with Crippen LogP contribution >= 0.6 is 0 Å². The molecule has 228 valence electrons. The third-order valence-corrected chi connectivity index (χ3v) is 9.99. The van der Waals surface area contributed by atoms with Crippen molar-refractivity contribution >= 4 is 71.2 Å². The highest BCUT2D eigenvalue weighted by atomic mass is 15.1. The highest BCUT2D eigenvalue weighted by Crippen LogP contribution is 2.41. The fraction of sp³-hybridized carbons (Fsp3) is 0. The van der Waals surface area contributed by atoms with Crippen molar-refractivity contribution in [3.63, 3.8) is 0 Å². The molecule has 5 nitrogen and oxygen atoms in total. The second-order valence-corrected chi connectivity index (χ2v) is 12.7. The SMILES string of the molecule is c1ccc(-n2c(-c3cccc(-n4c5ccccc5c5c4ccc4c6ccccc6c6nc7ccccc7n6c45)c3)nc3ccccc32)cc1. The molecule has 5 heteroatoms. The number of aromatic nitrogens is 5. The number of imidazole rings is 2. The van der Waals surface area contributed by atoms with Gasteiger partial charge >= 0.3 is 0 Å². The molecule has 11 aromatic rings. The Morgan fingerprint density at radius 1 is 0.388 bits per heavy atom. The number of hydrogen-bond donors (Lipinski definition) is 0. The molecule has 0 saturated heterocycles. The summed E-state index contributed by atoms with van der Waals surface area (Å²) in [5.74, 6) is 0.915. The molecule has 0 atom stereocenters. The van der Waals surface area contributed by atoms with Crippen molar-refractivity contribution in [2.24, 2.45) is 0 Å². The summed E-state index contributed by atoms with van der Waals surface area (Å²) < 4.78 is 7.05. The summed E-state index contributed by atoms with van der Waals surface area (Å²) >= 11 is 0. The molecule has 7 aromatic carbocycles. The van der Waals surface area contributed by atoms with Gasteiger partial charge in [-0.1, -0.05) is 103 Å². The summed E-state index contributed by atoms with van der Waals surface area (Å²) in [5.41, 5.74) is 11.9. The number of para-hydroxylation sites is 6. The van der Waals surface area contributed by atoms with Crippen molar-refractivity contribution in [1.29, 1.82) is 0 Å². The van der Waals surface area contributed by atoms with Gasteiger partial charge in [0.15, 0.2) is 0 Å². The van der Waals surface area contributed by atoms with Gasteiger partial charge in [0.1, 0.15) is 11.5 Å². The predicted octanol–water partition coefficient (Wildman–Crippen LogP) is 10.9. The van der Waals surface area contributed by atoms with Crippen molar-refractivity contribution < 1.29 is 0 Å². The molecule has 0 saturated carbocycles. The van der Waals surface area contributed by atoms with Crippen LogP contribution in [0.15, 0.2) is 164 Å². The zero-order valence-corrected chi connectivity index (χ0v) is 26.3. The molecule has 0 aliphatic rings. The van der Waals surface area contributed by atoms with E-state index in [9.17, 15) is 0 Å². The van der Waals surface area contributed by atoms with Gasteiger partial charge in [0.25, 0.3) is 0 Å². The summed E-state index contributed by atoms with van der Waals surface area (Å²) in [5, 5.41) is 6.00. The molecule has 0 amide bonds. The lowest BCUT2D eigenvalue weighted by atomic mass is 10.0. The van der Waals surface area contributed by atoms with Gasteiger partial charge in [-0.15, -0.1) is 0 Å². The largest absolute Gasteiger partial charge is 0.309 e. The normalized spacial score (nSPS) is 12.1. The van der Waals surface area contributed by atoms with Gasteiger partial charge < -0.3 is 4.57 Å². The summed E-state index contributed by atoms with van der Waals surface area (Å²) in [4.78, 5) is 10.4. The van der Waals surface area contributed by atoms with Crippen LogP contribution in [0, 0.1) is 0 Å². The zero-order chi connectivity index (χ0) is 32.1. The fourth-order valence-electron chi connectivity index (χ4n) is 7.96. The molecule has 0 fully saturated rings. The Labute approximate surface area is 280 Å². The number of benzene rings is 7. The first-order chi connectivity index (χ1) is 24.3. The van der Waals surface area contributed by atoms with E-state index in [-0.39, 0.29) is 0 Å². The lowest BCUT2D eigenvalue weighted by molar-refractivity contribution is 1.10. The quantitative estimate of drug-likeness (QED) is 0.183. The Kier molecular flexibility index (Phi) is 5.32. The molecule has 0 radical (unpaired) electrons. The summed E-state index contributed by atoms with van der Waals surface area (Å²) in [6.45, 7) is 0. The maximum absolute atomic E-state index is 5.19. The fourth-order valence-corrected chi connectivity index (χ4v) is 7.96. The van der Waals surface area contributed by atoms with Crippen LogP contribution < -0.4 is 0 Å². The van der Waals surface area contributed by atoms with E-state index >= 15 is 0 Å². The Morgan fingerprint density at radius 2 is 1.04 bits per heavy atom. The first-order valence-corrected chi connectivity index (χ1v) is 16.6.